The number of nitrogens with zero attached hydrogens (tertiary/aromatic N) is 1. The number of halogens is 2. The van der Waals surface area contributed by atoms with Crippen LogP contribution in [0, 0.1) is 19.8 Å². The molecule has 1 amide bonds. The highest BCUT2D eigenvalue weighted by Gasteiger charge is 2.37. The first kappa shape index (κ1) is 17.8. The van der Waals surface area contributed by atoms with E-state index < -0.39 is 11.9 Å². The Labute approximate surface area is 156 Å². The average molecular weight is 378 g/mol. The highest BCUT2D eigenvalue weighted by molar-refractivity contribution is 6.44. The topological polar surface area (TPSA) is 46.6 Å². The van der Waals surface area contributed by atoms with Crippen LogP contribution in [0.15, 0.2) is 36.4 Å². The third-order valence-electron chi connectivity index (χ3n) is 4.45. The van der Waals surface area contributed by atoms with Crippen molar-refractivity contribution in [2.75, 3.05) is 11.4 Å². The molecule has 1 heterocycles. The summed E-state index contributed by atoms with van der Waals surface area (Å²) in [6.07, 6.45) is 0.0898. The molecule has 1 atom stereocenters. The van der Waals surface area contributed by atoms with Gasteiger partial charge in [0.05, 0.1) is 21.7 Å². The van der Waals surface area contributed by atoms with Gasteiger partial charge in [0.15, 0.2) is 0 Å². The first-order valence-electron chi connectivity index (χ1n) is 7.90. The second-order valence-electron chi connectivity index (χ2n) is 6.10. The van der Waals surface area contributed by atoms with Crippen LogP contribution in [0.1, 0.15) is 17.5 Å². The minimum absolute atomic E-state index is 0.0898. The molecule has 0 saturated carbocycles. The van der Waals surface area contributed by atoms with Crippen LogP contribution >= 0.6 is 23.2 Å². The maximum absolute atomic E-state index is 12.5. The van der Waals surface area contributed by atoms with Crippen molar-refractivity contribution in [3.8, 4) is 5.75 Å². The van der Waals surface area contributed by atoms with Crippen molar-refractivity contribution in [2.24, 2.45) is 5.92 Å². The van der Waals surface area contributed by atoms with Crippen LogP contribution in [0.5, 0.6) is 5.75 Å². The molecular formula is C19H17Cl2NO3. The molecule has 0 radical (unpaired) electrons. The van der Waals surface area contributed by atoms with Crippen LogP contribution in [0.4, 0.5) is 5.69 Å². The Bertz CT molecular complexity index is 851. The van der Waals surface area contributed by atoms with Crippen molar-refractivity contribution in [3.63, 3.8) is 0 Å². The summed E-state index contributed by atoms with van der Waals surface area (Å²) in [4.78, 5) is 26.3. The van der Waals surface area contributed by atoms with E-state index in [1.165, 1.54) is 4.90 Å². The second-order valence-corrected chi connectivity index (χ2v) is 6.88. The number of hydrogen-bond donors (Lipinski definition) is 0. The number of benzene rings is 2. The van der Waals surface area contributed by atoms with Gasteiger partial charge >= 0.3 is 5.97 Å². The zero-order valence-electron chi connectivity index (χ0n) is 13.9. The zero-order chi connectivity index (χ0) is 18.1. The van der Waals surface area contributed by atoms with E-state index in [2.05, 4.69) is 0 Å². The average Bonchev–Trinajstić information content (AvgIpc) is 2.96. The number of esters is 1. The summed E-state index contributed by atoms with van der Waals surface area (Å²) in [5.74, 6) is -0.603. The van der Waals surface area contributed by atoms with Gasteiger partial charge in [0.25, 0.3) is 0 Å². The van der Waals surface area contributed by atoms with Gasteiger partial charge in [-0.15, -0.1) is 0 Å². The molecule has 130 valence electrons. The van der Waals surface area contributed by atoms with Crippen LogP contribution in [0.2, 0.25) is 10.0 Å². The van der Waals surface area contributed by atoms with Crippen molar-refractivity contribution >= 4 is 40.8 Å². The molecule has 1 aliphatic rings. The van der Waals surface area contributed by atoms with E-state index >= 15 is 0 Å². The molecule has 1 aliphatic heterocycles. The third-order valence-corrected chi connectivity index (χ3v) is 5.25. The summed E-state index contributed by atoms with van der Waals surface area (Å²) in [6.45, 7) is 4.08. The second kappa shape index (κ2) is 7.06. The Morgan fingerprint density at radius 3 is 2.64 bits per heavy atom. The van der Waals surface area contributed by atoms with Gasteiger partial charge < -0.3 is 9.64 Å². The van der Waals surface area contributed by atoms with E-state index in [-0.39, 0.29) is 18.9 Å². The molecule has 4 nitrogen and oxygen atoms in total. The first-order valence-corrected chi connectivity index (χ1v) is 8.66. The van der Waals surface area contributed by atoms with Gasteiger partial charge in [-0.1, -0.05) is 41.4 Å². The zero-order valence-corrected chi connectivity index (χ0v) is 15.4. The van der Waals surface area contributed by atoms with Crippen molar-refractivity contribution in [1.82, 2.24) is 0 Å². The van der Waals surface area contributed by atoms with Crippen molar-refractivity contribution in [3.05, 3.63) is 57.6 Å². The molecule has 1 saturated heterocycles. The quantitative estimate of drug-likeness (QED) is 0.581. The van der Waals surface area contributed by atoms with Gasteiger partial charge in [0.1, 0.15) is 5.75 Å². The fourth-order valence-corrected chi connectivity index (χ4v) is 3.22. The number of ether oxygens (including phenoxy) is 1. The number of carbonyl (C=O) groups excluding carboxylic acids is 2. The van der Waals surface area contributed by atoms with E-state index in [0.717, 1.165) is 11.1 Å². The fraction of sp³-hybridized carbons (Fsp3) is 0.263. The lowest BCUT2D eigenvalue weighted by Crippen LogP contribution is -2.27. The molecule has 3 rings (SSSR count). The summed E-state index contributed by atoms with van der Waals surface area (Å²) in [5, 5.41) is 0.675. The Kier molecular flexibility index (Phi) is 5.02. The van der Waals surface area contributed by atoms with Gasteiger partial charge in [-0.05, 0) is 43.2 Å². The Morgan fingerprint density at radius 2 is 1.88 bits per heavy atom. The van der Waals surface area contributed by atoms with E-state index in [4.69, 9.17) is 27.9 Å². The standard InChI is InChI=1S/C19H17Cl2NO3/c1-11-5-3-8-16(12(11)2)25-19(24)13-9-17(23)22(10-13)15-7-4-6-14(20)18(15)21/h3-8,13H,9-10H2,1-2H3/t13-/m1/s1. The Balaban J connectivity index is 1.77. The number of aryl methyl sites for hydroxylation is 1. The smallest absolute Gasteiger partial charge is 0.316 e. The predicted octanol–water partition coefficient (Wildman–Crippen LogP) is 4.57. The maximum Gasteiger partial charge on any atom is 0.316 e. The molecule has 0 N–H and O–H groups in total. The number of carbonyl (C=O) groups is 2. The molecule has 0 spiro atoms. The highest BCUT2D eigenvalue weighted by atomic mass is 35.5. The molecule has 6 heteroatoms. The van der Waals surface area contributed by atoms with Crippen molar-refractivity contribution in [1.29, 1.82) is 0 Å². The lowest BCUT2D eigenvalue weighted by molar-refractivity contribution is -0.139. The molecule has 2 aromatic carbocycles. The van der Waals surface area contributed by atoms with Crippen LogP contribution in [-0.2, 0) is 9.59 Å². The van der Waals surface area contributed by atoms with Gasteiger partial charge in [-0.3, -0.25) is 9.59 Å². The normalized spacial score (nSPS) is 17.0. The lowest BCUT2D eigenvalue weighted by Gasteiger charge is -2.18. The number of anilines is 1. The minimum Gasteiger partial charge on any atom is -0.426 e. The third kappa shape index (κ3) is 3.51. The minimum atomic E-state index is -0.539. The fourth-order valence-electron chi connectivity index (χ4n) is 2.83. The largest absolute Gasteiger partial charge is 0.426 e. The lowest BCUT2D eigenvalue weighted by atomic mass is 10.1. The number of rotatable bonds is 3. The summed E-state index contributed by atoms with van der Waals surface area (Å²) in [6, 6.07) is 10.6. The molecule has 0 bridgehead atoms. The molecule has 0 aromatic heterocycles. The summed E-state index contributed by atoms with van der Waals surface area (Å²) < 4.78 is 5.52. The van der Waals surface area contributed by atoms with Crippen LogP contribution in [-0.4, -0.2) is 18.4 Å². The first-order chi connectivity index (χ1) is 11.9. The van der Waals surface area contributed by atoms with E-state index in [0.29, 0.717) is 21.5 Å². The van der Waals surface area contributed by atoms with Crippen molar-refractivity contribution < 1.29 is 14.3 Å². The summed E-state index contributed by atoms with van der Waals surface area (Å²) >= 11 is 12.2. The monoisotopic (exact) mass is 377 g/mol. The Hall–Kier alpha value is -2.04. The van der Waals surface area contributed by atoms with Gasteiger partial charge in [0, 0.05) is 13.0 Å². The number of hydrogen-bond acceptors (Lipinski definition) is 3. The SMILES string of the molecule is Cc1cccc(OC(=O)[C@@H]2CC(=O)N(c3cccc(Cl)c3Cl)C2)c1C. The summed E-state index contributed by atoms with van der Waals surface area (Å²) in [7, 11) is 0. The van der Waals surface area contributed by atoms with Gasteiger partial charge in [-0.25, -0.2) is 0 Å². The van der Waals surface area contributed by atoms with Crippen molar-refractivity contribution in [2.45, 2.75) is 20.3 Å². The molecule has 0 unspecified atom stereocenters. The molecule has 25 heavy (non-hydrogen) atoms. The van der Waals surface area contributed by atoms with E-state index in [1.54, 1.807) is 24.3 Å². The molecule has 0 aliphatic carbocycles. The van der Waals surface area contributed by atoms with Crippen LogP contribution in [0.3, 0.4) is 0 Å². The van der Waals surface area contributed by atoms with Gasteiger partial charge in [0.2, 0.25) is 5.91 Å². The summed E-state index contributed by atoms with van der Waals surface area (Å²) in [5.41, 5.74) is 2.47. The van der Waals surface area contributed by atoms with E-state index in [1.807, 2.05) is 26.0 Å². The van der Waals surface area contributed by atoms with Crippen LogP contribution in [0.25, 0.3) is 0 Å². The maximum atomic E-state index is 12.5. The van der Waals surface area contributed by atoms with Crippen LogP contribution < -0.4 is 9.64 Å². The molecule has 2 aromatic rings. The predicted molar refractivity (Wildman–Crippen MR) is 98.5 cm³/mol. The van der Waals surface area contributed by atoms with Gasteiger partial charge in [-0.2, -0.15) is 0 Å². The highest BCUT2D eigenvalue weighted by Crippen LogP contribution is 2.36. The molecule has 1 fully saturated rings. The van der Waals surface area contributed by atoms with E-state index in [9.17, 15) is 9.59 Å². The number of amides is 1. The molecular weight excluding hydrogens is 361 g/mol. The Morgan fingerprint density at radius 1 is 1.16 bits per heavy atom.